The summed E-state index contributed by atoms with van der Waals surface area (Å²) < 4.78 is 1.60. The molecular weight excluding hydrogens is 274 g/mol. The molecule has 8 nitrogen and oxygen atoms in total. The Hall–Kier alpha value is -2.12. The fourth-order valence-electron chi connectivity index (χ4n) is 2.54. The molecule has 0 radical (unpaired) electrons. The van der Waals surface area contributed by atoms with E-state index in [1.807, 2.05) is 4.90 Å². The zero-order chi connectivity index (χ0) is 15.6. The third-order valence-corrected chi connectivity index (χ3v) is 3.86. The lowest BCUT2D eigenvalue weighted by molar-refractivity contribution is -0.388. The Balaban J connectivity index is 2.13. The lowest BCUT2D eigenvalue weighted by Gasteiger charge is -2.29. The predicted octanol–water partition coefficient (Wildman–Crippen LogP) is 1.45. The first-order valence-corrected chi connectivity index (χ1v) is 7.15. The van der Waals surface area contributed by atoms with Crippen molar-refractivity contribution in [3.05, 3.63) is 15.9 Å². The van der Waals surface area contributed by atoms with Crippen LogP contribution in [0.1, 0.15) is 32.0 Å². The largest absolute Gasteiger partial charge is 0.406 e. The van der Waals surface area contributed by atoms with Crippen molar-refractivity contribution in [1.82, 2.24) is 14.5 Å². The van der Waals surface area contributed by atoms with E-state index >= 15 is 0 Å². The van der Waals surface area contributed by atoms with Crippen LogP contribution < -0.4 is 5.32 Å². The van der Waals surface area contributed by atoms with Crippen LogP contribution >= 0.6 is 0 Å². The summed E-state index contributed by atoms with van der Waals surface area (Å²) >= 11 is 0. The molecule has 1 aliphatic heterocycles. The second-order valence-electron chi connectivity index (χ2n) is 5.40. The maximum atomic E-state index is 12.4. The van der Waals surface area contributed by atoms with E-state index in [1.54, 1.807) is 25.5 Å². The highest BCUT2D eigenvalue weighted by molar-refractivity contribution is 5.84. The standard InChI is InChI=1S/C13H21N5O3/c1-9(13(19)17-7-5-4-6-8-17)14-11-12(18(20)21)15-10(2)16(11)3/h9,14H,4-8H2,1-3H3. The highest BCUT2D eigenvalue weighted by Gasteiger charge is 2.28. The number of nitrogens with zero attached hydrogens (tertiary/aromatic N) is 4. The second-order valence-corrected chi connectivity index (χ2v) is 5.40. The number of hydrogen-bond donors (Lipinski definition) is 1. The van der Waals surface area contributed by atoms with Crippen molar-refractivity contribution < 1.29 is 9.72 Å². The summed E-state index contributed by atoms with van der Waals surface area (Å²) in [4.78, 5) is 28.6. The first-order chi connectivity index (χ1) is 9.91. The van der Waals surface area contributed by atoms with Gasteiger partial charge in [0.25, 0.3) is 0 Å². The zero-order valence-corrected chi connectivity index (χ0v) is 12.6. The van der Waals surface area contributed by atoms with Crippen molar-refractivity contribution in [2.75, 3.05) is 18.4 Å². The number of carbonyl (C=O) groups is 1. The zero-order valence-electron chi connectivity index (χ0n) is 12.6. The van der Waals surface area contributed by atoms with Crippen LogP contribution in [-0.2, 0) is 11.8 Å². The number of piperidine rings is 1. The van der Waals surface area contributed by atoms with Gasteiger partial charge in [-0.3, -0.25) is 9.36 Å². The van der Waals surface area contributed by atoms with E-state index in [-0.39, 0.29) is 17.5 Å². The minimum absolute atomic E-state index is 0.0251. The molecule has 8 heteroatoms. The van der Waals surface area contributed by atoms with Crippen LogP contribution in [0.25, 0.3) is 0 Å². The number of carbonyl (C=O) groups excluding carboxylic acids is 1. The number of nitro groups is 1. The molecule has 0 saturated carbocycles. The van der Waals surface area contributed by atoms with Crippen molar-refractivity contribution in [2.24, 2.45) is 7.05 Å². The molecule has 1 aromatic heterocycles. The van der Waals surface area contributed by atoms with Gasteiger partial charge < -0.3 is 20.3 Å². The fraction of sp³-hybridized carbons (Fsp3) is 0.692. The van der Waals surface area contributed by atoms with Crippen LogP contribution in [0.2, 0.25) is 0 Å². The highest BCUT2D eigenvalue weighted by atomic mass is 16.6. The van der Waals surface area contributed by atoms with Gasteiger partial charge in [-0.2, -0.15) is 0 Å². The molecule has 116 valence electrons. The van der Waals surface area contributed by atoms with Gasteiger partial charge in [-0.1, -0.05) is 0 Å². The molecule has 0 aliphatic carbocycles. The number of rotatable bonds is 4. The van der Waals surface area contributed by atoms with Gasteiger partial charge in [-0.25, -0.2) is 0 Å². The summed E-state index contributed by atoms with van der Waals surface area (Å²) in [5.41, 5.74) is 0. The van der Waals surface area contributed by atoms with E-state index in [0.717, 1.165) is 32.4 Å². The molecule has 1 fully saturated rings. The topological polar surface area (TPSA) is 93.3 Å². The third-order valence-electron chi connectivity index (χ3n) is 3.86. The van der Waals surface area contributed by atoms with E-state index in [2.05, 4.69) is 10.3 Å². The van der Waals surface area contributed by atoms with Gasteiger partial charge in [0.1, 0.15) is 6.04 Å². The molecule has 0 aromatic carbocycles. The van der Waals surface area contributed by atoms with E-state index in [0.29, 0.717) is 5.82 Å². The first-order valence-electron chi connectivity index (χ1n) is 7.15. The number of aryl methyl sites for hydroxylation is 1. The minimum atomic E-state index is -0.534. The molecule has 1 aliphatic rings. The number of hydrogen-bond acceptors (Lipinski definition) is 5. The van der Waals surface area contributed by atoms with Crippen LogP contribution in [0.5, 0.6) is 0 Å². The summed E-state index contributed by atoms with van der Waals surface area (Å²) in [5, 5.41) is 14.0. The number of aromatic nitrogens is 2. The van der Waals surface area contributed by atoms with Gasteiger partial charge in [0, 0.05) is 27.1 Å². The molecule has 2 rings (SSSR count). The number of amides is 1. The van der Waals surface area contributed by atoms with Crippen LogP contribution in [0, 0.1) is 17.0 Å². The maximum absolute atomic E-state index is 12.4. The molecule has 0 bridgehead atoms. The van der Waals surface area contributed by atoms with Crippen molar-refractivity contribution >= 4 is 17.5 Å². The van der Waals surface area contributed by atoms with E-state index < -0.39 is 11.0 Å². The minimum Gasteiger partial charge on any atom is -0.358 e. The van der Waals surface area contributed by atoms with Gasteiger partial charge in [-0.05, 0) is 36.1 Å². The van der Waals surface area contributed by atoms with Crippen molar-refractivity contribution in [1.29, 1.82) is 0 Å². The fourth-order valence-corrected chi connectivity index (χ4v) is 2.54. The lowest BCUT2D eigenvalue weighted by Crippen LogP contribution is -2.44. The first kappa shape index (κ1) is 15.3. The van der Waals surface area contributed by atoms with Gasteiger partial charge in [0.05, 0.1) is 0 Å². The molecule has 1 N–H and O–H groups in total. The smallest absolute Gasteiger partial charge is 0.358 e. The average molecular weight is 295 g/mol. The van der Waals surface area contributed by atoms with Gasteiger partial charge in [0.2, 0.25) is 17.5 Å². The number of likely N-dealkylation sites (tertiary alicyclic amines) is 1. The quantitative estimate of drug-likeness (QED) is 0.670. The Morgan fingerprint density at radius 3 is 2.57 bits per heavy atom. The van der Waals surface area contributed by atoms with Crippen LogP contribution in [0.3, 0.4) is 0 Å². The third kappa shape index (κ3) is 3.14. The van der Waals surface area contributed by atoms with E-state index in [1.165, 1.54) is 0 Å². The molecule has 0 spiro atoms. The summed E-state index contributed by atoms with van der Waals surface area (Å²) in [5.74, 6) is 0.535. The Morgan fingerprint density at radius 1 is 1.38 bits per heavy atom. The normalized spacial score (nSPS) is 16.6. The monoisotopic (exact) mass is 295 g/mol. The number of nitrogens with one attached hydrogen (secondary N) is 1. The summed E-state index contributed by atoms with van der Waals surface area (Å²) in [7, 11) is 1.69. The molecule has 1 aromatic rings. The Labute approximate surface area is 123 Å². The van der Waals surface area contributed by atoms with Gasteiger partial charge in [0.15, 0.2) is 0 Å². The van der Waals surface area contributed by atoms with Gasteiger partial charge >= 0.3 is 5.82 Å². The second kappa shape index (κ2) is 6.11. The van der Waals surface area contributed by atoms with Crippen LogP contribution in [0.4, 0.5) is 11.6 Å². The average Bonchev–Trinajstić information content (AvgIpc) is 2.76. The highest BCUT2D eigenvalue weighted by Crippen LogP contribution is 2.25. The molecule has 2 heterocycles. The molecule has 21 heavy (non-hydrogen) atoms. The summed E-state index contributed by atoms with van der Waals surface area (Å²) in [6.45, 7) is 4.94. The molecule has 1 atom stereocenters. The van der Waals surface area contributed by atoms with Crippen LogP contribution in [-0.4, -0.2) is 44.4 Å². The number of imidazole rings is 1. The molecule has 1 amide bonds. The van der Waals surface area contributed by atoms with Crippen LogP contribution in [0.15, 0.2) is 0 Å². The van der Waals surface area contributed by atoms with Crippen molar-refractivity contribution in [3.63, 3.8) is 0 Å². The summed E-state index contributed by atoms with van der Waals surface area (Å²) in [6.07, 6.45) is 3.19. The Morgan fingerprint density at radius 2 is 2.00 bits per heavy atom. The van der Waals surface area contributed by atoms with E-state index in [9.17, 15) is 14.9 Å². The maximum Gasteiger partial charge on any atom is 0.406 e. The molecule has 1 saturated heterocycles. The lowest BCUT2D eigenvalue weighted by atomic mass is 10.1. The molecular formula is C13H21N5O3. The Bertz CT molecular complexity index is 548. The molecule has 1 unspecified atom stereocenters. The predicted molar refractivity (Wildman–Crippen MR) is 78.1 cm³/mol. The summed E-state index contributed by atoms with van der Waals surface area (Å²) in [6, 6.07) is -0.517. The SMILES string of the molecule is Cc1nc([N+](=O)[O-])c(NC(C)C(=O)N2CCCCC2)n1C. The number of anilines is 1. The van der Waals surface area contributed by atoms with E-state index in [4.69, 9.17) is 0 Å². The van der Waals surface area contributed by atoms with Crippen molar-refractivity contribution in [2.45, 2.75) is 39.2 Å². The Kier molecular flexibility index (Phi) is 4.44. The van der Waals surface area contributed by atoms with Gasteiger partial charge in [-0.15, -0.1) is 0 Å². The van der Waals surface area contributed by atoms with Crippen molar-refractivity contribution in [3.8, 4) is 0 Å².